The van der Waals surface area contributed by atoms with Crippen LogP contribution in [0, 0.1) is 0 Å². The first-order chi connectivity index (χ1) is 37.0. The molecule has 1 unspecified atom stereocenters. The lowest BCUT2D eigenvalue weighted by Gasteiger charge is -2.18. The lowest BCUT2D eigenvalue weighted by Crippen LogP contribution is -2.30. The average Bonchev–Trinajstić information content (AvgIpc) is 3.41. The molecular formula is C69H130O6. The summed E-state index contributed by atoms with van der Waals surface area (Å²) in [5.41, 5.74) is 0. The van der Waals surface area contributed by atoms with Gasteiger partial charge in [0.2, 0.25) is 0 Å². The second-order valence-electron chi connectivity index (χ2n) is 23.1. The van der Waals surface area contributed by atoms with Gasteiger partial charge in [-0.05, 0) is 70.6 Å². The number of hydrogen-bond donors (Lipinski definition) is 0. The Morgan fingerprint density at radius 3 is 0.680 bits per heavy atom. The molecular weight excluding hydrogens is 925 g/mol. The Morgan fingerprint density at radius 1 is 0.253 bits per heavy atom. The van der Waals surface area contributed by atoms with Gasteiger partial charge < -0.3 is 14.2 Å². The van der Waals surface area contributed by atoms with E-state index < -0.39 is 6.10 Å². The predicted octanol–water partition coefficient (Wildman–Crippen LogP) is 23.0. The van der Waals surface area contributed by atoms with Gasteiger partial charge in [-0.2, -0.15) is 0 Å². The summed E-state index contributed by atoms with van der Waals surface area (Å²) in [5, 5.41) is 0. The summed E-state index contributed by atoms with van der Waals surface area (Å²) in [5.74, 6) is -0.853. The van der Waals surface area contributed by atoms with Gasteiger partial charge in [0.05, 0.1) is 0 Å². The molecule has 0 rings (SSSR count). The van der Waals surface area contributed by atoms with Crippen molar-refractivity contribution < 1.29 is 28.6 Å². The van der Waals surface area contributed by atoms with Crippen LogP contribution in [0.1, 0.15) is 380 Å². The third kappa shape index (κ3) is 62.6. The molecule has 0 fully saturated rings. The largest absolute Gasteiger partial charge is 0.462 e. The molecule has 0 N–H and O–H groups in total. The third-order valence-corrected chi connectivity index (χ3v) is 15.4. The molecule has 6 heteroatoms. The Balaban J connectivity index is 4.22. The van der Waals surface area contributed by atoms with Crippen LogP contribution < -0.4 is 0 Å². The van der Waals surface area contributed by atoms with E-state index in [1.54, 1.807) is 0 Å². The molecule has 0 heterocycles. The number of allylic oxidation sites excluding steroid dienone is 4. The standard InChI is InChI=1S/C69H130O6/c1-4-7-10-13-16-19-22-25-27-29-31-32-33-34-35-36-38-39-41-44-47-50-53-56-59-62-68(71)74-65-66(64-73-67(70)61-58-55-52-49-46-43-24-21-18-15-12-9-6-3)75-69(72)63-60-57-54-51-48-45-42-40-37-30-28-26-23-20-17-14-11-8-5-2/h21,24,26,28,66H,4-20,22-23,25,27,29-65H2,1-3H3/b24-21-,28-26-. The molecule has 0 aromatic heterocycles. The van der Waals surface area contributed by atoms with E-state index in [0.717, 1.165) is 64.2 Å². The molecule has 0 bridgehead atoms. The van der Waals surface area contributed by atoms with E-state index in [0.29, 0.717) is 19.3 Å². The first-order valence-corrected chi connectivity index (χ1v) is 33.8. The number of hydrogen-bond acceptors (Lipinski definition) is 6. The maximum atomic E-state index is 12.9. The number of carbonyl (C=O) groups excluding carboxylic acids is 3. The molecule has 0 aliphatic carbocycles. The fourth-order valence-electron chi connectivity index (χ4n) is 10.3. The van der Waals surface area contributed by atoms with Crippen molar-refractivity contribution in [2.45, 2.75) is 386 Å². The summed E-state index contributed by atoms with van der Waals surface area (Å²) in [6.07, 6.45) is 77.7. The number of ether oxygens (including phenoxy) is 3. The molecule has 0 aliphatic heterocycles. The molecule has 0 aromatic carbocycles. The second-order valence-corrected chi connectivity index (χ2v) is 23.1. The van der Waals surface area contributed by atoms with E-state index in [4.69, 9.17) is 14.2 Å². The van der Waals surface area contributed by atoms with Crippen LogP contribution in [0.25, 0.3) is 0 Å². The topological polar surface area (TPSA) is 78.9 Å². The smallest absolute Gasteiger partial charge is 0.306 e. The van der Waals surface area contributed by atoms with E-state index in [1.807, 2.05) is 0 Å². The highest BCUT2D eigenvalue weighted by Crippen LogP contribution is 2.18. The Hall–Kier alpha value is -2.11. The monoisotopic (exact) mass is 1050 g/mol. The molecule has 0 aromatic rings. The van der Waals surface area contributed by atoms with Crippen LogP contribution in [0.15, 0.2) is 24.3 Å². The fourth-order valence-corrected chi connectivity index (χ4v) is 10.3. The molecule has 6 nitrogen and oxygen atoms in total. The highest BCUT2D eigenvalue weighted by atomic mass is 16.6. The molecule has 1 atom stereocenters. The molecule has 0 amide bonds. The summed E-state index contributed by atoms with van der Waals surface area (Å²) >= 11 is 0. The van der Waals surface area contributed by atoms with Gasteiger partial charge in [0.15, 0.2) is 6.10 Å². The van der Waals surface area contributed by atoms with E-state index in [2.05, 4.69) is 45.1 Å². The Bertz CT molecular complexity index is 1210. The van der Waals surface area contributed by atoms with Crippen molar-refractivity contribution in [2.24, 2.45) is 0 Å². The summed E-state index contributed by atoms with van der Waals surface area (Å²) in [4.78, 5) is 38.3. The second kappa shape index (κ2) is 64.4. The minimum absolute atomic E-state index is 0.0695. The highest BCUT2D eigenvalue weighted by molar-refractivity contribution is 5.71. The zero-order valence-corrected chi connectivity index (χ0v) is 50.8. The molecule has 0 aliphatic rings. The molecule has 0 saturated heterocycles. The van der Waals surface area contributed by atoms with Gasteiger partial charge in [-0.15, -0.1) is 0 Å². The first-order valence-electron chi connectivity index (χ1n) is 33.8. The lowest BCUT2D eigenvalue weighted by atomic mass is 10.0. The van der Waals surface area contributed by atoms with Crippen molar-refractivity contribution in [3.63, 3.8) is 0 Å². The van der Waals surface area contributed by atoms with Crippen molar-refractivity contribution in [1.29, 1.82) is 0 Å². The van der Waals surface area contributed by atoms with E-state index in [1.165, 1.54) is 276 Å². The zero-order chi connectivity index (χ0) is 54.3. The summed E-state index contributed by atoms with van der Waals surface area (Å²) < 4.78 is 17.0. The average molecular weight is 1060 g/mol. The third-order valence-electron chi connectivity index (χ3n) is 15.4. The predicted molar refractivity (Wildman–Crippen MR) is 326 cm³/mol. The SMILES string of the molecule is CCCCCC/C=C\CCCCCCCC(=O)OCC(COC(=O)CCCCCCCCCCCCCCCCCCCCCCCCCCC)OC(=O)CCCCCCCCCCC/C=C\CCCCCCCC. The van der Waals surface area contributed by atoms with Crippen molar-refractivity contribution in [2.75, 3.05) is 13.2 Å². The van der Waals surface area contributed by atoms with Crippen LogP contribution in [0.5, 0.6) is 0 Å². The summed E-state index contributed by atoms with van der Waals surface area (Å²) in [6.45, 7) is 6.68. The van der Waals surface area contributed by atoms with Crippen LogP contribution in [0.4, 0.5) is 0 Å². The van der Waals surface area contributed by atoms with Crippen LogP contribution in [-0.2, 0) is 28.6 Å². The van der Waals surface area contributed by atoms with Crippen molar-refractivity contribution in [3.8, 4) is 0 Å². The Kier molecular flexibility index (Phi) is 62.6. The normalized spacial score (nSPS) is 12.1. The summed E-state index contributed by atoms with van der Waals surface area (Å²) in [6, 6.07) is 0. The van der Waals surface area contributed by atoms with Crippen LogP contribution in [-0.4, -0.2) is 37.2 Å². The van der Waals surface area contributed by atoms with Crippen molar-refractivity contribution in [1.82, 2.24) is 0 Å². The molecule has 0 spiro atoms. The lowest BCUT2D eigenvalue weighted by molar-refractivity contribution is -0.167. The quantitative estimate of drug-likeness (QED) is 0.0261. The Labute approximate surface area is 468 Å². The van der Waals surface area contributed by atoms with Gasteiger partial charge in [-0.3, -0.25) is 14.4 Å². The summed E-state index contributed by atoms with van der Waals surface area (Å²) in [7, 11) is 0. The molecule has 442 valence electrons. The number of carbonyl (C=O) groups is 3. The van der Waals surface area contributed by atoms with Gasteiger partial charge in [0.25, 0.3) is 0 Å². The maximum absolute atomic E-state index is 12.9. The number of esters is 3. The molecule has 0 saturated carbocycles. The van der Waals surface area contributed by atoms with Crippen LogP contribution in [0.3, 0.4) is 0 Å². The van der Waals surface area contributed by atoms with Gasteiger partial charge in [0, 0.05) is 19.3 Å². The number of unbranched alkanes of at least 4 members (excludes halogenated alkanes) is 48. The zero-order valence-electron chi connectivity index (χ0n) is 50.8. The van der Waals surface area contributed by atoms with E-state index in [-0.39, 0.29) is 31.1 Å². The molecule has 75 heavy (non-hydrogen) atoms. The maximum Gasteiger partial charge on any atom is 0.306 e. The van der Waals surface area contributed by atoms with E-state index in [9.17, 15) is 14.4 Å². The van der Waals surface area contributed by atoms with Gasteiger partial charge in [0.1, 0.15) is 13.2 Å². The Morgan fingerprint density at radius 2 is 0.440 bits per heavy atom. The van der Waals surface area contributed by atoms with Gasteiger partial charge in [-0.25, -0.2) is 0 Å². The van der Waals surface area contributed by atoms with Gasteiger partial charge in [-0.1, -0.05) is 315 Å². The fraction of sp³-hybridized carbons (Fsp3) is 0.899. The van der Waals surface area contributed by atoms with Crippen molar-refractivity contribution >= 4 is 17.9 Å². The minimum atomic E-state index is -0.773. The van der Waals surface area contributed by atoms with E-state index >= 15 is 0 Å². The van der Waals surface area contributed by atoms with Crippen LogP contribution >= 0.6 is 0 Å². The highest BCUT2D eigenvalue weighted by Gasteiger charge is 2.19. The number of rotatable bonds is 63. The van der Waals surface area contributed by atoms with Crippen molar-refractivity contribution in [3.05, 3.63) is 24.3 Å². The van der Waals surface area contributed by atoms with Crippen LogP contribution in [0.2, 0.25) is 0 Å². The van der Waals surface area contributed by atoms with Gasteiger partial charge >= 0.3 is 17.9 Å². The first kappa shape index (κ1) is 72.9. The molecule has 0 radical (unpaired) electrons. The minimum Gasteiger partial charge on any atom is -0.462 e.